The van der Waals surface area contributed by atoms with Gasteiger partial charge in [-0.2, -0.15) is 0 Å². The minimum atomic E-state index is 0.402. The van der Waals surface area contributed by atoms with Crippen molar-refractivity contribution in [1.29, 1.82) is 0 Å². The maximum Gasteiger partial charge on any atom is 0.0416 e. The van der Waals surface area contributed by atoms with Gasteiger partial charge in [-0.1, -0.05) is 43.8 Å². The van der Waals surface area contributed by atoms with E-state index in [2.05, 4.69) is 85.9 Å². The third-order valence-electron chi connectivity index (χ3n) is 5.46. The minimum absolute atomic E-state index is 0.402. The van der Waals surface area contributed by atoms with Crippen LogP contribution in [0.25, 0.3) is 22.3 Å². The fourth-order valence-electron chi connectivity index (χ4n) is 4.04. The first-order valence-electron chi connectivity index (χ1n) is 9.32. The van der Waals surface area contributed by atoms with Gasteiger partial charge in [0.05, 0.1) is 0 Å². The number of benzene rings is 2. The van der Waals surface area contributed by atoms with E-state index in [4.69, 9.17) is 0 Å². The second-order valence-corrected chi connectivity index (χ2v) is 7.12. The van der Waals surface area contributed by atoms with Crippen LogP contribution in [0, 0.1) is 6.92 Å². The standard InChI is InChI=1S/C25H24N2/c1-5-6-14-27(4)21-9-7-8-19(15-21)20-10-11-22-17(2)25-18(3)26-13-12-23(25)24(22)16-20/h5-17H,1H2,2-4H3/b14-6-. The summed E-state index contributed by atoms with van der Waals surface area (Å²) in [4.78, 5) is 6.60. The van der Waals surface area contributed by atoms with E-state index in [0.29, 0.717) is 5.92 Å². The van der Waals surface area contributed by atoms with E-state index >= 15 is 0 Å². The SMILES string of the molecule is C=C/C=C\N(C)c1cccc(-c2ccc3c(c2)-c2ccnc(C)c2C3C)c1. The molecule has 1 atom stereocenters. The van der Waals surface area contributed by atoms with Gasteiger partial charge in [0.1, 0.15) is 0 Å². The highest BCUT2D eigenvalue weighted by atomic mass is 15.1. The first-order chi connectivity index (χ1) is 13.1. The third kappa shape index (κ3) is 2.97. The van der Waals surface area contributed by atoms with Crippen LogP contribution >= 0.6 is 0 Å². The van der Waals surface area contributed by atoms with Gasteiger partial charge in [-0.05, 0) is 70.6 Å². The molecular weight excluding hydrogens is 328 g/mol. The molecule has 0 spiro atoms. The molecule has 0 saturated heterocycles. The molecule has 1 aliphatic carbocycles. The molecule has 3 aromatic rings. The van der Waals surface area contributed by atoms with Gasteiger partial charge < -0.3 is 4.90 Å². The topological polar surface area (TPSA) is 16.1 Å². The molecule has 0 saturated carbocycles. The smallest absolute Gasteiger partial charge is 0.0416 e. The zero-order chi connectivity index (χ0) is 19.0. The summed E-state index contributed by atoms with van der Waals surface area (Å²) in [5, 5.41) is 0. The molecule has 0 fully saturated rings. The maximum absolute atomic E-state index is 4.50. The van der Waals surface area contributed by atoms with Crippen molar-refractivity contribution < 1.29 is 0 Å². The van der Waals surface area contributed by atoms with E-state index in [1.807, 2.05) is 18.5 Å². The van der Waals surface area contributed by atoms with E-state index < -0.39 is 0 Å². The van der Waals surface area contributed by atoms with Crippen molar-refractivity contribution in [3.05, 3.63) is 96.5 Å². The number of hydrogen-bond donors (Lipinski definition) is 0. The van der Waals surface area contributed by atoms with Crippen LogP contribution in [0.5, 0.6) is 0 Å². The van der Waals surface area contributed by atoms with Gasteiger partial charge >= 0.3 is 0 Å². The summed E-state index contributed by atoms with van der Waals surface area (Å²) in [6.07, 6.45) is 7.67. The fraction of sp³-hybridized carbons (Fsp3) is 0.160. The molecule has 27 heavy (non-hydrogen) atoms. The number of aromatic nitrogens is 1. The molecule has 1 heterocycles. The van der Waals surface area contributed by atoms with Crippen LogP contribution in [0.15, 0.2) is 79.7 Å². The highest BCUT2D eigenvalue weighted by Crippen LogP contribution is 2.46. The van der Waals surface area contributed by atoms with Crippen LogP contribution in [0.1, 0.15) is 29.7 Å². The summed E-state index contributed by atoms with van der Waals surface area (Å²) in [6.45, 7) is 8.13. The molecule has 1 aromatic heterocycles. The third-order valence-corrected chi connectivity index (χ3v) is 5.46. The van der Waals surface area contributed by atoms with Crippen molar-refractivity contribution in [2.45, 2.75) is 19.8 Å². The van der Waals surface area contributed by atoms with Crippen LogP contribution < -0.4 is 4.90 Å². The van der Waals surface area contributed by atoms with Gasteiger partial charge in [-0.15, -0.1) is 0 Å². The number of hydrogen-bond acceptors (Lipinski definition) is 2. The lowest BCUT2D eigenvalue weighted by molar-refractivity contribution is 0.925. The average molecular weight is 352 g/mol. The Balaban J connectivity index is 1.77. The van der Waals surface area contributed by atoms with E-state index in [9.17, 15) is 0 Å². The van der Waals surface area contributed by atoms with Crippen LogP contribution in [0.4, 0.5) is 5.69 Å². The Morgan fingerprint density at radius 2 is 1.85 bits per heavy atom. The lowest BCUT2D eigenvalue weighted by atomic mass is 9.96. The summed E-state index contributed by atoms with van der Waals surface area (Å²) in [7, 11) is 2.05. The van der Waals surface area contributed by atoms with Crippen LogP contribution in [0.2, 0.25) is 0 Å². The second-order valence-electron chi connectivity index (χ2n) is 7.12. The molecule has 134 valence electrons. The maximum atomic E-state index is 4.50. The molecule has 4 rings (SSSR count). The molecular formula is C25H24N2. The monoisotopic (exact) mass is 352 g/mol. The highest BCUT2D eigenvalue weighted by Gasteiger charge is 2.27. The van der Waals surface area contributed by atoms with Crippen molar-refractivity contribution in [3.8, 4) is 22.3 Å². The molecule has 0 aliphatic heterocycles. The molecule has 2 heteroatoms. The van der Waals surface area contributed by atoms with Crippen molar-refractivity contribution in [2.24, 2.45) is 0 Å². The van der Waals surface area contributed by atoms with Gasteiger partial charge in [0.15, 0.2) is 0 Å². The van der Waals surface area contributed by atoms with Gasteiger partial charge in [0.2, 0.25) is 0 Å². The second kappa shape index (κ2) is 6.88. The zero-order valence-electron chi connectivity index (χ0n) is 16.1. The summed E-state index contributed by atoms with van der Waals surface area (Å²) in [6, 6.07) is 17.6. The summed E-state index contributed by atoms with van der Waals surface area (Å²) >= 11 is 0. The zero-order valence-corrected chi connectivity index (χ0v) is 16.1. The summed E-state index contributed by atoms with van der Waals surface area (Å²) < 4.78 is 0. The molecule has 2 aromatic carbocycles. The number of rotatable bonds is 4. The summed E-state index contributed by atoms with van der Waals surface area (Å²) in [5.41, 5.74) is 10.2. The molecule has 0 bridgehead atoms. The molecule has 0 N–H and O–H groups in total. The average Bonchev–Trinajstić information content (AvgIpc) is 2.99. The number of nitrogens with zero attached hydrogens (tertiary/aromatic N) is 2. The highest BCUT2D eigenvalue weighted by molar-refractivity contribution is 5.83. The number of fused-ring (bicyclic) bond motifs is 3. The van der Waals surface area contributed by atoms with Crippen molar-refractivity contribution in [1.82, 2.24) is 4.98 Å². The number of allylic oxidation sites excluding steroid dienone is 2. The summed E-state index contributed by atoms with van der Waals surface area (Å²) in [5.74, 6) is 0.402. The predicted octanol–water partition coefficient (Wildman–Crippen LogP) is 6.33. The quantitative estimate of drug-likeness (QED) is 0.510. The molecule has 0 amide bonds. The Bertz CT molecular complexity index is 1050. The number of aryl methyl sites for hydroxylation is 1. The normalized spacial score (nSPS) is 14.9. The van der Waals surface area contributed by atoms with Gasteiger partial charge in [0.25, 0.3) is 0 Å². The number of pyridine rings is 1. The van der Waals surface area contributed by atoms with Gasteiger partial charge in [0, 0.05) is 36.7 Å². The predicted molar refractivity (Wildman–Crippen MR) is 115 cm³/mol. The Labute approximate surface area is 161 Å². The van der Waals surface area contributed by atoms with Gasteiger partial charge in [-0.3, -0.25) is 4.98 Å². The van der Waals surface area contributed by atoms with E-state index in [-0.39, 0.29) is 0 Å². The lowest BCUT2D eigenvalue weighted by Crippen LogP contribution is -2.07. The molecule has 0 radical (unpaired) electrons. The van der Waals surface area contributed by atoms with Crippen molar-refractivity contribution >= 4 is 5.69 Å². The van der Waals surface area contributed by atoms with Crippen molar-refractivity contribution in [3.63, 3.8) is 0 Å². The number of anilines is 1. The van der Waals surface area contributed by atoms with Crippen LogP contribution in [-0.2, 0) is 0 Å². The first kappa shape index (κ1) is 17.3. The van der Waals surface area contributed by atoms with Crippen LogP contribution in [-0.4, -0.2) is 12.0 Å². The molecule has 1 unspecified atom stereocenters. The Hall–Kier alpha value is -3.13. The minimum Gasteiger partial charge on any atom is -0.351 e. The van der Waals surface area contributed by atoms with Gasteiger partial charge in [-0.25, -0.2) is 0 Å². The Morgan fingerprint density at radius 3 is 2.67 bits per heavy atom. The fourth-order valence-corrected chi connectivity index (χ4v) is 4.04. The molecule has 1 aliphatic rings. The molecule has 2 nitrogen and oxygen atoms in total. The lowest BCUT2D eigenvalue weighted by Gasteiger charge is -2.15. The Kier molecular flexibility index (Phi) is 4.41. The first-order valence-corrected chi connectivity index (χ1v) is 9.32. The largest absolute Gasteiger partial charge is 0.351 e. The Morgan fingerprint density at radius 1 is 1.04 bits per heavy atom. The van der Waals surface area contributed by atoms with E-state index in [0.717, 1.165) is 11.4 Å². The van der Waals surface area contributed by atoms with E-state index in [1.165, 1.54) is 33.4 Å². The van der Waals surface area contributed by atoms with Crippen LogP contribution in [0.3, 0.4) is 0 Å². The van der Waals surface area contributed by atoms with Crippen molar-refractivity contribution in [2.75, 3.05) is 11.9 Å². The van der Waals surface area contributed by atoms with E-state index in [1.54, 1.807) is 6.08 Å².